The molecule has 5 aromatic carbocycles. The number of aryl methyl sites for hydroxylation is 1. The third kappa shape index (κ3) is 19.7. The van der Waals surface area contributed by atoms with Crippen molar-refractivity contribution in [3.05, 3.63) is 171 Å². The van der Waals surface area contributed by atoms with Gasteiger partial charge >= 0.3 is 18.4 Å². The van der Waals surface area contributed by atoms with Gasteiger partial charge in [-0.05, 0) is 130 Å². The van der Waals surface area contributed by atoms with Gasteiger partial charge < -0.3 is 48.5 Å². The van der Waals surface area contributed by atoms with Crippen molar-refractivity contribution in [2.45, 2.75) is 107 Å². The van der Waals surface area contributed by atoms with Gasteiger partial charge in [-0.1, -0.05) is 103 Å². The number of para-hydroxylation sites is 1. The highest BCUT2D eigenvalue weighted by molar-refractivity contribution is 7.17. The highest BCUT2D eigenvalue weighted by Crippen LogP contribution is 2.49. The lowest BCUT2D eigenvalue weighted by atomic mass is 9.72. The maximum atomic E-state index is 14.3. The van der Waals surface area contributed by atoms with Gasteiger partial charge in [-0.25, -0.2) is 14.2 Å². The van der Waals surface area contributed by atoms with Gasteiger partial charge in [0.1, 0.15) is 35.7 Å². The lowest BCUT2D eigenvalue weighted by Gasteiger charge is -2.44. The summed E-state index contributed by atoms with van der Waals surface area (Å²) in [5.74, 6) is -1.96. The Morgan fingerprint density at radius 2 is 1.32 bits per heavy atom. The van der Waals surface area contributed by atoms with Crippen molar-refractivity contribution in [1.82, 2.24) is 34.4 Å². The zero-order valence-corrected chi connectivity index (χ0v) is 59.9. The summed E-state index contributed by atoms with van der Waals surface area (Å²) in [5, 5.41) is 3.64. The number of alkyl halides is 6. The molecule has 1 aliphatic carbocycles. The maximum absolute atomic E-state index is 14.3. The minimum atomic E-state index is -5.15. The Bertz CT molecular complexity index is 3700. The first-order valence-electron chi connectivity index (χ1n) is 33.0. The fourth-order valence-electron chi connectivity index (χ4n) is 13.5. The van der Waals surface area contributed by atoms with E-state index in [4.69, 9.17) is 19.2 Å². The molecule has 100 heavy (non-hydrogen) atoms. The molecular formula is C72H87Cl3F7N9O8S. The number of amides is 5. The van der Waals surface area contributed by atoms with Gasteiger partial charge in [0.05, 0.1) is 35.2 Å². The number of nitrogens with zero attached hydrogens (tertiary/aromatic N) is 8. The molecule has 6 aromatic rings. The zero-order valence-electron chi connectivity index (χ0n) is 56.6. The molecule has 17 nitrogen and oxygen atoms in total. The Kier molecular flexibility index (Phi) is 28.2. The van der Waals surface area contributed by atoms with E-state index in [1.54, 1.807) is 28.8 Å². The summed E-state index contributed by atoms with van der Waals surface area (Å²) < 4.78 is 116. The number of thiazole rings is 1. The minimum absolute atomic E-state index is 0. The van der Waals surface area contributed by atoms with Crippen molar-refractivity contribution in [3.63, 3.8) is 0 Å². The number of likely N-dealkylation sites (N-methyl/N-ethyl adjacent to an activating group) is 3. The van der Waals surface area contributed by atoms with E-state index in [9.17, 15) is 54.7 Å². The van der Waals surface area contributed by atoms with E-state index in [1.165, 1.54) is 35.6 Å². The molecule has 0 bridgehead atoms. The normalized spacial score (nSPS) is 17.7. The number of carbonyl (C=O) groups excluding carboxylic acids is 5. The van der Waals surface area contributed by atoms with Crippen molar-refractivity contribution in [1.29, 1.82) is 0 Å². The Hall–Kier alpha value is -7.10. The van der Waals surface area contributed by atoms with Crippen LogP contribution in [0.25, 0.3) is 11.1 Å². The van der Waals surface area contributed by atoms with Crippen LogP contribution in [0.4, 0.5) is 46.3 Å². The summed E-state index contributed by atoms with van der Waals surface area (Å²) in [6, 6.07) is 31.9. The van der Waals surface area contributed by atoms with Gasteiger partial charge in [-0.3, -0.25) is 24.5 Å². The number of ether oxygens (including phenoxy) is 3. The quantitative estimate of drug-likeness (QED) is 0.0427. The van der Waals surface area contributed by atoms with Gasteiger partial charge in [0.25, 0.3) is 11.8 Å². The molecule has 0 radical (unpaired) electrons. The number of fused-ring (bicyclic) bond motifs is 2. The third-order valence-electron chi connectivity index (χ3n) is 19.5. The molecule has 5 amide bonds. The number of nitrogens with one attached hydrogen (secondary N) is 1. The molecule has 3 saturated heterocycles. The predicted molar refractivity (Wildman–Crippen MR) is 377 cm³/mol. The number of anilines is 2. The molecule has 2 atom stereocenters. The number of likely N-dealkylation sites (tertiary alicyclic amines) is 2. The van der Waals surface area contributed by atoms with Gasteiger partial charge in [0.15, 0.2) is 5.13 Å². The number of rotatable bonds is 25. The average Bonchev–Trinajstić information content (AvgIpc) is 1.58. The second-order valence-corrected chi connectivity index (χ2v) is 26.9. The van der Waals surface area contributed by atoms with Crippen molar-refractivity contribution >= 4 is 89.1 Å². The lowest BCUT2D eigenvalue weighted by molar-refractivity contribution is -0.143. The lowest BCUT2D eigenvalue weighted by Crippen LogP contribution is -2.50. The van der Waals surface area contributed by atoms with E-state index in [2.05, 4.69) is 27.2 Å². The second-order valence-electron chi connectivity index (χ2n) is 26.0. The van der Waals surface area contributed by atoms with Crippen LogP contribution in [0, 0.1) is 12.7 Å². The molecule has 0 unspecified atom stereocenters. The number of benzene rings is 5. The number of unbranched alkanes of at least 4 members (excludes halogenated alkanes) is 2. The molecule has 3 aliphatic heterocycles. The monoisotopic (exact) mass is 1480 g/mol. The first-order valence-corrected chi connectivity index (χ1v) is 33.8. The fraction of sp³-hybridized carbons (Fsp3) is 0.472. The van der Waals surface area contributed by atoms with Crippen LogP contribution in [0.1, 0.15) is 111 Å². The number of aromatic nitrogens is 1. The molecule has 544 valence electrons. The standard InChI is InChI=1S/C72H84F7N9O8S.3ClH/c1-49-64(97-67(80-49)85(5)32-15-7-10-22-62(89)82(2)40-41-86-33-27-57(28-34-86)96-68(93)81-60-21-14-12-19-58(60)50-16-8-6-9-17-50)66(92)84(4)39-38-83(3)63(90)46-94-61-44-51-18-11-13-20-59(51)69(61)29-35-87(36-30-69)37-31-70(53-23-25-56(73)26-24-53)47-88(48-95-70)65(91)52-42-54(71(74,75)76)45-55(43-52)72(77,78)79;;;/h6,8-9,11-14,16-21,23-26,42-43,45,57,61H,7,10,15,22,27-41,44,46-48H2,1-5H3,(H,81,93);3*1H/t61-,70+;;;/m0.../s1. The summed E-state index contributed by atoms with van der Waals surface area (Å²) in [4.78, 5) is 85.2. The van der Waals surface area contributed by atoms with Crippen LogP contribution in [-0.2, 0) is 53.6 Å². The number of hydrogen-bond donors (Lipinski definition) is 1. The molecule has 10 rings (SSSR count). The van der Waals surface area contributed by atoms with E-state index in [0.717, 1.165) is 66.1 Å². The molecule has 28 heteroatoms. The first-order chi connectivity index (χ1) is 46.3. The smallest absolute Gasteiger partial charge is 0.416 e. The van der Waals surface area contributed by atoms with Gasteiger partial charge in [0, 0.05) is 104 Å². The Balaban J connectivity index is 0.00000468. The number of piperidine rings is 2. The molecule has 4 aliphatic rings. The summed E-state index contributed by atoms with van der Waals surface area (Å²) in [5.41, 5.74) is 0.280. The average molecular weight is 1480 g/mol. The van der Waals surface area contributed by atoms with E-state index in [1.807, 2.05) is 92.6 Å². The van der Waals surface area contributed by atoms with E-state index in [-0.39, 0.29) is 106 Å². The van der Waals surface area contributed by atoms with Crippen molar-refractivity contribution in [2.75, 3.05) is 124 Å². The predicted octanol–water partition coefficient (Wildman–Crippen LogP) is 13.6. The minimum Gasteiger partial charge on any atom is -0.446 e. The third-order valence-corrected chi connectivity index (χ3v) is 20.7. The first kappa shape index (κ1) is 80.2. The molecular weight excluding hydrogens is 1390 g/mol. The van der Waals surface area contributed by atoms with Crippen LogP contribution in [0.15, 0.2) is 121 Å². The van der Waals surface area contributed by atoms with Crippen LogP contribution in [-0.4, -0.2) is 190 Å². The highest BCUT2D eigenvalue weighted by Gasteiger charge is 2.50. The molecule has 3 fully saturated rings. The van der Waals surface area contributed by atoms with Crippen molar-refractivity contribution in [2.24, 2.45) is 0 Å². The molecule has 0 saturated carbocycles. The number of halogens is 10. The molecule has 1 spiro atoms. The van der Waals surface area contributed by atoms with Crippen LogP contribution in [0.2, 0.25) is 0 Å². The zero-order chi connectivity index (χ0) is 69.2. The van der Waals surface area contributed by atoms with Crippen LogP contribution in [0.3, 0.4) is 0 Å². The summed E-state index contributed by atoms with van der Waals surface area (Å²) in [6.45, 7) is 6.66. The van der Waals surface area contributed by atoms with Crippen LogP contribution < -0.4 is 10.2 Å². The molecule has 1 aromatic heterocycles. The van der Waals surface area contributed by atoms with Gasteiger partial charge in [-0.15, -0.1) is 37.2 Å². The Morgan fingerprint density at radius 3 is 2.00 bits per heavy atom. The van der Waals surface area contributed by atoms with Crippen molar-refractivity contribution < 1.29 is 68.9 Å². The van der Waals surface area contributed by atoms with Crippen molar-refractivity contribution in [3.8, 4) is 11.1 Å². The topological polar surface area (TPSA) is 161 Å². The van der Waals surface area contributed by atoms with E-state index in [0.29, 0.717) is 110 Å². The largest absolute Gasteiger partial charge is 0.446 e. The maximum Gasteiger partial charge on any atom is 0.416 e. The molecule has 4 heterocycles. The second kappa shape index (κ2) is 35.2. The Labute approximate surface area is 601 Å². The molecule has 1 N–H and O–H groups in total. The van der Waals surface area contributed by atoms with Crippen LogP contribution >= 0.6 is 48.6 Å². The number of carbonyl (C=O) groups is 5. The summed E-state index contributed by atoms with van der Waals surface area (Å²) in [7, 11) is 7.16. The van der Waals surface area contributed by atoms with Gasteiger partial charge in [-0.2, -0.15) is 26.3 Å². The van der Waals surface area contributed by atoms with Gasteiger partial charge in [0.2, 0.25) is 11.8 Å². The Morgan fingerprint density at radius 1 is 0.700 bits per heavy atom. The van der Waals surface area contributed by atoms with Crippen LogP contribution in [0.5, 0.6) is 0 Å². The van der Waals surface area contributed by atoms with E-state index < -0.39 is 64.6 Å². The fourth-order valence-corrected chi connectivity index (χ4v) is 14.6. The SMILES string of the molecule is Cc1nc(N(C)CCCCCC(=O)N(C)CCN2CCC(OC(=O)Nc3ccccc3-c3ccccc3)CC2)sc1C(=O)N(C)CCN(C)C(=O)CO[C@H]1Cc2ccccc2C12CCN(CC[C@]1(c3ccc(F)cc3)CN(C(=O)c3cc(C(F)(F)F)cc(C(F)(F)F)c3)CO1)CC2.Cl.Cl.Cl. The highest BCUT2D eigenvalue weighted by atomic mass is 35.5. The summed E-state index contributed by atoms with van der Waals surface area (Å²) >= 11 is 1.32. The summed E-state index contributed by atoms with van der Waals surface area (Å²) in [6.07, 6.45) is -4.83. The number of hydrogen-bond acceptors (Lipinski definition) is 13. The van der Waals surface area contributed by atoms with E-state index >= 15 is 0 Å².